The third-order valence-electron chi connectivity index (χ3n) is 1.56. The number of hydrogen-bond acceptors (Lipinski definition) is 3. The van der Waals surface area contributed by atoms with Crippen molar-refractivity contribution in [3.05, 3.63) is 11.8 Å². The smallest absolute Gasteiger partial charge is 0.126 e. The van der Waals surface area contributed by atoms with Crippen molar-refractivity contribution >= 4 is 12.4 Å². The summed E-state index contributed by atoms with van der Waals surface area (Å²) in [6.45, 7) is 1.35. The van der Waals surface area contributed by atoms with E-state index >= 15 is 0 Å². The Morgan fingerprint density at radius 2 is 2.60 bits per heavy atom. The van der Waals surface area contributed by atoms with Gasteiger partial charge in [0, 0.05) is 12.4 Å². The van der Waals surface area contributed by atoms with Crippen LogP contribution >= 0.6 is 0 Å². The Morgan fingerprint density at radius 1 is 1.60 bits per heavy atom. The Bertz CT molecular complexity index is 218. The highest BCUT2D eigenvalue weighted by Crippen LogP contribution is 2.14. The molecule has 2 aliphatic heterocycles. The van der Waals surface area contributed by atoms with Crippen molar-refractivity contribution in [3.63, 3.8) is 0 Å². The lowest BCUT2D eigenvalue weighted by molar-refractivity contribution is 0.228. The molecule has 0 amide bonds. The zero-order chi connectivity index (χ0) is 6.81. The summed E-state index contributed by atoms with van der Waals surface area (Å²) in [7, 11) is 0. The molecule has 1 unspecified atom stereocenters. The first kappa shape index (κ1) is 5.65. The second-order valence-electron chi connectivity index (χ2n) is 2.24. The van der Waals surface area contributed by atoms with Gasteiger partial charge >= 0.3 is 0 Å². The van der Waals surface area contributed by atoms with Gasteiger partial charge in [0.1, 0.15) is 18.4 Å². The Hall–Kier alpha value is -1.12. The summed E-state index contributed by atoms with van der Waals surface area (Å²) in [6.07, 6.45) is 5.44. The molecule has 52 valence electrons. The van der Waals surface area contributed by atoms with E-state index in [2.05, 4.69) is 9.98 Å². The second-order valence-corrected chi connectivity index (χ2v) is 2.24. The van der Waals surface area contributed by atoms with Crippen LogP contribution in [0.2, 0.25) is 0 Å². The standard InChI is InChI=1S/C7H8N2O/c1-2-8-5-6-7(1)10-4-3-9-6/h1-3,6H,4-5H2. The first-order chi connectivity index (χ1) is 4.97. The molecule has 10 heavy (non-hydrogen) atoms. The second kappa shape index (κ2) is 2.25. The van der Waals surface area contributed by atoms with E-state index in [1.165, 1.54) is 0 Å². The Kier molecular flexibility index (Phi) is 1.27. The molecule has 3 heteroatoms. The summed E-state index contributed by atoms with van der Waals surface area (Å²) < 4.78 is 5.30. The monoisotopic (exact) mass is 136 g/mol. The van der Waals surface area contributed by atoms with Crippen LogP contribution in [-0.2, 0) is 4.74 Å². The van der Waals surface area contributed by atoms with E-state index in [4.69, 9.17) is 4.74 Å². The Balaban J connectivity index is 2.26. The number of rotatable bonds is 0. The van der Waals surface area contributed by atoms with Crippen molar-refractivity contribution < 1.29 is 4.74 Å². The van der Waals surface area contributed by atoms with Gasteiger partial charge in [0.05, 0.1) is 6.54 Å². The maximum absolute atomic E-state index is 5.30. The summed E-state index contributed by atoms with van der Waals surface area (Å²) in [5, 5.41) is 0. The largest absolute Gasteiger partial charge is 0.490 e. The maximum Gasteiger partial charge on any atom is 0.126 e. The van der Waals surface area contributed by atoms with Crippen LogP contribution in [-0.4, -0.2) is 31.6 Å². The first-order valence-corrected chi connectivity index (χ1v) is 3.31. The summed E-state index contributed by atoms with van der Waals surface area (Å²) in [5.41, 5.74) is 0. The zero-order valence-corrected chi connectivity index (χ0v) is 5.53. The van der Waals surface area contributed by atoms with E-state index in [1.54, 1.807) is 12.4 Å². The number of ether oxygens (including phenoxy) is 1. The molecule has 0 aromatic carbocycles. The quantitative estimate of drug-likeness (QED) is 0.475. The molecule has 0 aromatic heterocycles. The Morgan fingerprint density at radius 3 is 3.50 bits per heavy atom. The average Bonchev–Trinajstić information content (AvgIpc) is 2.05. The number of hydrogen-bond donors (Lipinski definition) is 0. The molecule has 2 rings (SSSR count). The summed E-state index contributed by atoms with van der Waals surface area (Å²) in [5.74, 6) is 0.956. The van der Waals surface area contributed by atoms with Crippen molar-refractivity contribution in [2.75, 3.05) is 13.2 Å². The third-order valence-corrected chi connectivity index (χ3v) is 1.56. The molecule has 0 N–H and O–H groups in total. The van der Waals surface area contributed by atoms with Crippen LogP contribution in [0.15, 0.2) is 21.8 Å². The van der Waals surface area contributed by atoms with Crippen LogP contribution in [0.3, 0.4) is 0 Å². The van der Waals surface area contributed by atoms with Crippen molar-refractivity contribution in [1.82, 2.24) is 0 Å². The van der Waals surface area contributed by atoms with Crippen LogP contribution in [0.25, 0.3) is 0 Å². The van der Waals surface area contributed by atoms with E-state index in [9.17, 15) is 0 Å². The molecular formula is C7H8N2O. The van der Waals surface area contributed by atoms with Gasteiger partial charge in [0.2, 0.25) is 0 Å². The van der Waals surface area contributed by atoms with Gasteiger partial charge in [0.25, 0.3) is 0 Å². The van der Waals surface area contributed by atoms with Crippen molar-refractivity contribution in [1.29, 1.82) is 0 Å². The number of fused-ring (bicyclic) bond motifs is 1. The van der Waals surface area contributed by atoms with Gasteiger partial charge in [-0.2, -0.15) is 0 Å². The maximum atomic E-state index is 5.30. The molecule has 2 heterocycles. The van der Waals surface area contributed by atoms with Crippen LogP contribution in [0.5, 0.6) is 0 Å². The minimum Gasteiger partial charge on any atom is -0.490 e. The molecule has 2 aliphatic rings. The fourth-order valence-corrected chi connectivity index (χ4v) is 1.06. The fraction of sp³-hybridized carbons (Fsp3) is 0.429. The Labute approximate surface area is 59.1 Å². The lowest BCUT2D eigenvalue weighted by Crippen LogP contribution is -2.23. The van der Waals surface area contributed by atoms with Gasteiger partial charge in [-0.15, -0.1) is 0 Å². The van der Waals surface area contributed by atoms with Gasteiger partial charge in [-0.05, 0) is 6.08 Å². The highest BCUT2D eigenvalue weighted by atomic mass is 16.5. The third kappa shape index (κ3) is 0.835. The molecule has 1 atom stereocenters. The normalized spacial score (nSPS) is 28.8. The highest BCUT2D eigenvalue weighted by molar-refractivity contribution is 5.74. The lowest BCUT2D eigenvalue weighted by Gasteiger charge is -2.20. The SMILES string of the molecule is C1=NCC2N=CCOC2=C1. The number of nitrogens with zero attached hydrogens (tertiary/aromatic N) is 2. The van der Waals surface area contributed by atoms with E-state index in [0.29, 0.717) is 6.61 Å². The predicted octanol–water partition coefficient (Wildman–Crippen LogP) is 0.424. The molecular weight excluding hydrogens is 128 g/mol. The summed E-state index contributed by atoms with van der Waals surface area (Å²) in [6, 6.07) is 0.166. The van der Waals surface area contributed by atoms with Crippen molar-refractivity contribution in [2.45, 2.75) is 6.04 Å². The molecule has 0 saturated carbocycles. The number of allylic oxidation sites excluding steroid dienone is 1. The summed E-state index contributed by atoms with van der Waals surface area (Å²) in [4.78, 5) is 8.29. The summed E-state index contributed by atoms with van der Waals surface area (Å²) >= 11 is 0. The highest BCUT2D eigenvalue weighted by Gasteiger charge is 2.17. The van der Waals surface area contributed by atoms with Crippen molar-refractivity contribution in [3.8, 4) is 0 Å². The van der Waals surface area contributed by atoms with Gasteiger partial charge in [0.15, 0.2) is 0 Å². The van der Waals surface area contributed by atoms with Crippen LogP contribution in [0.4, 0.5) is 0 Å². The van der Waals surface area contributed by atoms with E-state index in [0.717, 1.165) is 12.3 Å². The zero-order valence-electron chi connectivity index (χ0n) is 5.53. The molecule has 0 saturated heterocycles. The first-order valence-electron chi connectivity index (χ1n) is 3.31. The molecule has 0 aromatic rings. The molecule has 0 fully saturated rings. The lowest BCUT2D eigenvalue weighted by atomic mass is 10.2. The minimum absolute atomic E-state index is 0.166. The predicted molar refractivity (Wildman–Crippen MR) is 39.7 cm³/mol. The molecule has 0 bridgehead atoms. The van der Waals surface area contributed by atoms with Gasteiger partial charge in [-0.3, -0.25) is 9.98 Å². The molecule has 0 spiro atoms. The molecule has 3 nitrogen and oxygen atoms in total. The van der Waals surface area contributed by atoms with E-state index in [1.807, 2.05) is 6.08 Å². The minimum atomic E-state index is 0.166. The van der Waals surface area contributed by atoms with E-state index < -0.39 is 0 Å². The molecule has 0 aliphatic carbocycles. The van der Waals surface area contributed by atoms with Gasteiger partial charge in [-0.1, -0.05) is 0 Å². The molecule has 0 radical (unpaired) electrons. The van der Waals surface area contributed by atoms with Gasteiger partial charge < -0.3 is 4.74 Å². The number of dihydropyridines is 1. The van der Waals surface area contributed by atoms with Crippen LogP contribution in [0, 0.1) is 0 Å². The van der Waals surface area contributed by atoms with Crippen LogP contribution in [0.1, 0.15) is 0 Å². The fourth-order valence-electron chi connectivity index (χ4n) is 1.06. The van der Waals surface area contributed by atoms with Gasteiger partial charge in [-0.25, -0.2) is 0 Å². The topological polar surface area (TPSA) is 34.0 Å². The van der Waals surface area contributed by atoms with E-state index in [-0.39, 0.29) is 6.04 Å². The number of aliphatic imine (C=N–C) groups is 2. The average molecular weight is 136 g/mol. The van der Waals surface area contributed by atoms with Crippen molar-refractivity contribution in [2.24, 2.45) is 9.98 Å². The van der Waals surface area contributed by atoms with Crippen LogP contribution < -0.4 is 0 Å².